The van der Waals surface area contributed by atoms with Crippen LogP contribution in [0.2, 0.25) is 10.0 Å². The summed E-state index contributed by atoms with van der Waals surface area (Å²) in [5, 5.41) is 0.792. The summed E-state index contributed by atoms with van der Waals surface area (Å²) >= 11 is 12.6. The molecule has 3 aliphatic rings. The SMILES string of the molecule is O=C(Cc1cc(C(F)(F)F)cc(C(F)(F)F)c1)N1CC[C@@](CCN2CCC(N3CCCCC3)CC2)(c2ccc(Cl)c(Cl)c2)C1. The summed E-state index contributed by atoms with van der Waals surface area (Å²) in [6.07, 6.45) is -3.13. The lowest BCUT2D eigenvalue weighted by Gasteiger charge is -2.41. The van der Waals surface area contributed by atoms with E-state index in [9.17, 15) is 31.1 Å². The summed E-state index contributed by atoms with van der Waals surface area (Å²) in [6, 6.07) is 7.37. The number of carbonyl (C=O) groups excluding carboxylic acids is 1. The molecule has 5 rings (SSSR count). The third-order valence-electron chi connectivity index (χ3n) is 9.61. The van der Waals surface area contributed by atoms with Gasteiger partial charge < -0.3 is 14.7 Å². The smallest absolute Gasteiger partial charge is 0.341 e. The molecule has 1 amide bonds. The fraction of sp³-hybridized carbons (Fsp3) is 0.594. The minimum Gasteiger partial charge on any atom is -0.341 e. The number of likely N-dealkylation sites (tertiary alicyclic amines) is 3. The van der Waals surface area contributed by atoms with Crippen LogP contribution in [-0.2, 0) is 29.0 Å². The van der Waals surface area contributed by atoms with E-state index in [1.807, 2.05) is 12.1 Å². The number of rotatable bonds is 7. The van der Waals surface area contributed by atoms with Gasteiger partial charge >= 0.3 is 12.4 Å². The van der Waals surface area contributed by atoms with Gasteiger partial charge in [0, 0.05) is 24.5 Å². The maximum absolute atomic E-state index is 13.4. The minimum absolute atomic E-state index is 0.0778. The van der Waals surface area contributed by atoms with E-state index in [-0.39, 0.29) is 11.6 Å². The van der Waals surface area contributed by atoms with E-state index >= 15 is 0 Å². The van der Waals surface area contributed by atoms with Gasteiger partial charge in [-0.1, -0.05) is 35.7 Å². The highest BCUT2D eigenvalue weighted by atomic mass is 35.5. The van der Waals surface area contributed by atoms with E-state index in [1.54, 1.807) is 11.0 Å². The zero-order chi connectivity index (χ0) is 31.7. The van der Waals surface area contributed by atoms with Gasteiger partial charge in [-0.2, -0.15) is 26.3 Å². The summed E-state index contributed by atoms with van der Waals surface area (Å²) in [4.78, 5) is 20.0. The number of halogens is 8. The summed E-state index contributed by atoms with van der Waals surface area (Å²) in [5.41, 5.74) is -2.72. The number of amides is 1. The van der Waals surface area contributed by atoms with E-state index in [0.717, 1.165) is 44.5 Å². The zero-order valence-corrected chi connectivity index (χ0v) is 25.9. The first-order valence-electron chi connectivity index (χ1n) is 15.2. The number of piperidine rings is 2. The summed E-state index contributed by atoms with van der Waals surface area (Å²) in [5.74, 6) is -0.512. The lowest BCUT2D eigenvalue weighted by atomic mass is 9.76. The fourth-order valence-corrected chi connectivity index (χ4v) is 7.36. The molecule has 0 radical (unpaired) electrons. The normalized spacial score (nSPS) is 23.0. The molecule has 242 valence electrons. The average Bonchev–Trinajstić information content (AvgIpc) is 3.43. The van der Waals surface area contributed by atoms with Gasteiger partial charge in [-0.05, 0) is 113 Å². The number of carbonyl (C=O) groups is 1. The van der Waals surface area contributed by atoms with Crippen LogP contribution in [0.4, 0.5) is 26.3 Å². The molecule has 0 bridgehead atoms. The van der Waals surface area contributed by atoms with Gasteiger partial charge in [0.15, 0.2) is 0 Å². The number of benzene rings is 2. The molecule has 1 atom stereocenters. The van der Waals surface area contributed by atoms with E-state index < -0.39 is 41.2 Å². The van der Waals surface area contributed by atoms with Crippen LogP contribution in [0.3, 0.4) is 0 Å². The number of hydrogen-bond donors (Lipinski definition) is 0. The lowest BCUT2D eigenvalue weighted by molar-refractivity contribution is -0.143. The third kappa shape index (κ3) is 7.85. The molecule has 0 aromatic heterocycles. The highest BCUT2D eigenvalue weighted by Crippen LogP contribution is 2.41. The molecule has 3 aliphatic heterocycles. The highest BCUT2D eigenvalue weighted by Gasteiger charge is 2.42. The van der Waals surface area contributed by atoms with Crippen molar-refractivity contribution in [3.05, 3.63) is 68.7 Å². The van der Waals surface area contributed by atoms with Crippen molar-refractivity contribution in [2.75, 3.05) is 45.8 Å². The van der Waals surface area contributed by atoms with Crippen molar-refractivity contribution in [3.63, 3.8) is 0 Å². The molecule has 3 heterocycles. The van der Waals surface area contributed by atoms with Gasteiger partial charge in [-0.3, -0.25) is 4.79 Å². The van der Waals surface area contributed by atoms with Gasteiger partial charge in [-0.15, -0.1) is 0 Å². The first-order valence-corrected chi connectivity index (χ1v) is 16.0. The maximum Gasteiger partial charge on any atom is 0.416 e. The van der Waals surface area contributed by atoms with Gasteiger partial charge in [0.1, 0.15) is 0 Å². The van der Waals surface area contributed by atoms with Crippen LogP contribution in [0.15, 0.2) is 36.4 Å². The van der Waals surface area contributed by atoms with Crippen LogP contribution >= 0.6 is 23.2 Å². The van der Waals surface area contributed by atoms with Crippen molar-refractivity contribution < 1.29 is 31.1 Å². The molecule has 3 fully saturated rings. The fourth-order valence-electron chi connectivity index (χ4n) is 7.07. The zero-order valence-electron chi connectivity index (χ0n) is 24.4. The van der Waals surface area contributed by atoms with E-state index in [1.165, 1.54) is 32.4 Å². The molecule has 0 aliphatic carbocycles. The van der Waals surface area contributed by atoms with Gasteiger partial charge in [0.05, 0.1) is 27.6 Å². The molecular weight excluding hydrogens is 627 g/mol. The average molecular weight is 665 g/mol. The Morgan fingerprint density at radius 2 is 1.45 bits per heavy atom. The molecule has 0 N–H and O–H groups in total. The molecule has 2 aromatic rings. The number of hydrogen-bond acceptors (Lipinski definition) is 3. The Kier molecular flexibility index (Phi) is 10.1. The Morgan fingerprint density at radius 3 is 2.05 bits per heavy atom. The van der Waals surface area contributed by atoms with Crippen LogP contribution in [0.25, 0.3) is 0 Å². The Bertz CT molecular complexity index is 1290. The van der Waals surface area contributed by atoms with Crippen molar-refractivity contribution in [2.45, 2.75) is 75.2 Å². The van der Waals surface area contributed by atoms with Gasteiger partial charge in [0.2, 0.25) is 5.91 Å². The van der Waals surface area contributed by atoms with E-state index in [4.69, 9.17) is 23.2 Å². The van der Waals surface area contributed by atoms with Crippen molar-refractivity contribution >= 4 is 29.1 Å². The molecule has 0 spiro atoms. The predicted molar refractivity (Wildman–Crippen MR) is 159 cm³/mol. The molecule has 0 unspecified atom stereocenters. The molecule has 4 nitrogen and oxygen atoms in total. The quantitative estimate of drug-likeness (QED) is 0.280. The van der Waals surface area contributed by atoms with Gasteiger partial charge in [-0.25, -0.2) is 0 Å². The van der Waals surface area contributed by atoms with Gasteiger partial charge in [0.25, 0.3) is 0 Å². The van der Waals surface area contributed by atoms with Crippen LogP contribution < -0.4 is 0 Å². The molecular formula is C32H37Cl2F6N3O. The van der Waals surface area contributed by atoms with Crippen molar-refractivity contribution in [3.8, 4) is 0 Å². The Labute approximate surface area is 264 Å². The Hall–Kier alpha value is -2.01. The predicted octanol–water partition coefficient (Wildman–Crippen LogP) is 8.08. The molecule has 0 saturated carbocycles. The van der Waals surface area contributed by atoms with E-state index in [2.05, 4.69) is 9.80 Å². The number of nitrogens with zero attached hydrogens (tertiary/aromatic N) is 3. The number of alkyl halides is 6. The standard InChI is InChI=1S/C32H37Cl2F6N3O/c33-27-5-4-23(20-28(27)34)30(8-14-41-12-6-26(7-13-41)42-10-2-1-3-11-42)9-15-43(21-30)29(44)18-22-16-24(31(35,36)37)19-25(17-22)32(38,39)40/h4-5,16-17,19-20,26H,1-3,6-15,18,21H2/t30-/m1/s1. The third-order valence-corrected chi connectivity index (χ3v) is 10.4. The molecule has 12 heteroatoms. The maximum atomic E-state index is 13.4. The van der Waals surface area contributed by atoms with Crippen molar-refractivity contribution in [1.82, 2.24) is 14.7 Å². The second kappa shape index (κ2) is 13.4. The molecule has 2 aromatic carbocycles. The molecule has 44 heavy (non-hydrogen) atoms. The second-order valence-electron chi connectivity index (χ2n) is 12.5. The second-order valence-corrected chi connectivity index (χ2v) is 13.3. The monoisotopic (exact) mass is 663 g/mol. The van der Waals surface area contributed by atoms with Crippen molar-refractivity contribution in [1.29, 1.82) is 0 Å². The van der Waals surface area contributed by atoms with Crippen LogP contribution in [0.5, 0.6) is 0 Å². The molecule has 3 saturated heterocycles. The van der Waals surface area contributed by atoms with Crippen molar-refractivity contribution in [2.24, 2.45) is 0 Å². The van der Waals surface area contributed by atoms with E-state index in [0.29, 0.717) is 47.7 Å². The van der Waals surface area contributed by atoms with Crippen LogP contribution in [0, 0.1) is 0 Å². The largest absolute Gasteiger partial charge is 0.416 e. The lowest BCUT2D eigenvalue weighted by Crippen LogP contribution is -2.47. The topological polar surface area (TPSA) is 26.8 Å². The Balaban J connectivity index is 1.29. The minimum atomic E-state index is -4.97. The first-order chi connectivity index (χ1) is 20.7. The summed E-state index contributed by atoms with van der Waals surface area (Å²) in [6.45, 7) is 5.74. The van der Waals surface area contributed by atoms with Crippen LogP contribution in [0.1, 0.15) is 67.2 Å². The highest BCUT2D eigenvalue weighted by molar-refractivity contribution is 6.42. The summed E-state index contributed by atoms with van der Waals surface area (Å²) < 4.78 is 80.3. The Morgan fingerprint density at radius 1 is 0.818 bits per heavy atom. The first kappa shape index (κ1) is 33.4. The summed E-state index contributed by atoms with van der Waals surface area (Å²) in [7, 11) is 0. The van der Waals surface area contributed by atoms with Crippen LogP contribution in [-0.4, -0.2) is 72.5 Å².